The first-order valence-electron chi connectivity index (χ1n) is 5.07. The van der Waals surface area contributed by atoms with E-state index in [0.29, 0.717) is 11.5 Å². The summed E-state index contributed by atoms with van der Waals surface area (Å²) in [5.41, 5.74) is 3.08. The van der Waals surface area contributed by atoms with Crippen molar-refractivity contribution in [1.29, 1.82) is 0 Å². The van der Waals surface area contributed by atoms with Crippen molar-refractivity contribution >= 4 is 22.0 Å². The Morgan fingerprint density at radius 1 is 1.47 bits per heavy atom. The molecule has 0 heterocycles. The highest BCUT2D eigenvalue weighted by atomic mass is 79.9. The number of allylic oxidation sites excluding steroid dienone is 1. The van der Waals surface area contributed by atoms with Crippen molar-refractivity contribution in [1.82, 2.24) is 0 Å². The molecule has 0 aliphatic carbocycles. The quantitative estimate of drug-likeness (QED) is 0.706. The maximum atomic E-state index is 13.0. The summed E-state index contributed by atoms with van der Waals surface area (Å²) in [5.74, 6) is 0.367. The zero-order valence-corrected chi connectivity index (χ0v) is 10.9. The zero-order valence-electron chi connectivity index (χ0n) is 9.35. The van der Waals surface area contributed by atoms with E-state index in [1.807, 2.05) is 12.1 Å². The third-order valence-electron chi connectivity index (χ3n) is 2.43. The third kappa shape index (κ3) is 3.45. The average molecular weight is 271 g/mol. The molecule has 2 heteroatoms. The highest BCUT2D eigenvalue weighted by Crippen LogP contribution is 2.18. The normalized spacial score (nSPS) is 12.3. The van der Waals surface area contributed by atoms with Gasteiger partial charge in [0.15, 0.2) is 0 Å². The van der Waals surface area contributed by atoms with Crippen molar-refractivity contribution < 1.29 is 4.39 Å². The van der Waals surface area contributed by atoms with Crippen molar-refractivity contribution in [2.24, 2.45) is 5.92 Å². The summed E-state index contributed by atoms with van der Waals surface area (Å²) in [4.78, 5) is 0. The number of alkyl halides is 1. The number of halogens is 2. The molecule has 0 spiro atoms. The number of hydrogen-bond donors (Lipinski definition) is 0. The fraction of sp³-hybridized carbons (Fsp3) is 0.385. The highest BCUT2D eigenvalue weighted by Gasteiger charge is 2.02. The Morgan fingerprint density at radius 3 is 2.60 bits per heavy atom. The van der Waals surface area contributed by atoms with Crippen molar-refractivity contribution in [2.75, 3.05) is 5.33 Å². The Hall–Kier alpha value is -0.630. The lowest BCUT2D eigenvalue weighted by Crippen LogP contribution is -1.95. The molecular weight excluding hydrogens is 255 g/mol. The monoisotopic (exact) mass is 270 g/mol. The van der Waals surface area contributed by atoms with Crippen LogP contribution < -0.4 is 0 Å². The topological polar surface area (TPSA) is 0 Å². The predicted octanol–water partition coefficient (Wildman–Crippen LogP) is 4.57. The Balaban J connectivity index is 3.01. The van der Waals surface area contributed by atoms with E-state index < -0.39 is 0 Å². The SMILES string of the molecule is Cc1cc(C=C(CBr)C(C)C)ccc1F. The predicted molar refractivity (Wildman–Crippen MR) is 67.7 cm³/mol. The van der Waals surface area contributed by atoms with Crippen LogP contribution >= 0.6 is 15.9 Å². The molecule has 0 amide bonds. The van der Waals surface area contributed by atoms with Gasteiger partial charge in [0, 0.05) is 5.33 Å². The minimum atomic E-state index is -0.142. The van der Waals surface area contributed by atoms with Gasteiger partial charge in [-0.05, 0) is 36.1 Å². The molecule has 0 bridgehead atoms. The van der Waals surface area contributed by atoms with Crippen LogP contribution in [0.25, 0.3) is 6.08 Å². The van der Waals surface area contributed by atoms with Crippen LogP contribution in [0.2, 0.25) is 0 Å². The van der Waals surface area contributed by atoms with Crippen LogP contribution in [0.4, 0.5) is 4.39 Å². The first kappa shape index (κ1) is 12.4. The van der Waals surface area contributed by atoms with Crippen molar-refractivity contribution in [2.45, 2.75) is 20.8 Å². The highest BCUT2D eigenvalue weighted by molar-refractivity contribution is 9.09. The molecule has 0 atom stereocenters. The Labute approximate surface area is 99.3 Å². The summed E-state index contributed by atoms with van der Waals surface area (Å²) in [6.45, 7) is 6.10. The Bertz CT molecular complexity index is 367. The third-order valence-corrected chi connectivity index (χ3v) is 3.08. The summed E-state index contributed by atoms with van der Waals surface area (Å²) in [6.07, 6.45) is 2.12. The van der Waals surface area contributed by atoms with Gasteiger partial charge >= 0.3 is 0 Å². The minimum Gasteiger partial charge on any atom is -0.207 e. The fourth-order valence-corrected chi connectivity index (χ4v) is 2.14. The van der Waals surface area contributed by atoms with Crippen LogP contribution in [0.3, 0.4) is 0 Å². The second kappa shape index (κ2) is 5.45. The Kier molecular flexibility index (Phi) is 4.52. The number of rotatable bonds is 3. The minimum absolute atomic E-state index is 0.142. The molecule has 0 aliphatic heterocycles. The van der Waals surface area contributed by atoms with Gasteiger partial charge in [0.05, 0.1) is 0 Å². The fourth-order valence-electron chi connectivity index (χ4n) is 1.33. The molecule has 1 rings (SSSR count). The lowest BCUT2D eigenvalue weighted by molar-refractivity contribution is 0.618. The average Bonchev–Trinajstić information content (AvgIpc) is 2.19. The van der Waals surface area contributed by atoms with Gasteiger partial charge in [-0.2, -0.15) is 0 Å². The van der Waals surface area contributed by atoms with Gasteiger partial charge in [0.1, 0.15) is 5.82 Å². The van der Waals surface area contributed by atoms with Gasteiger partial charge in [0.25, 0.3) is 0 Å². The van der Waals surface area contributed by atoms with Gasteiger partial charge in [-0.15, -0.1) is 0 Å². The maximum Gasteiger partial charge on any atom is 0.126 e. The van der Waals surface area contributed by atoms with Crippen molar-refractivity contribution in [3.05, 3.63) is 40.7 Å². The van der Waals surface area contributed by atoms with Crippen molar-refractivity contribution in [3.63, 3.8) is 0 Å². The molecular formula is C13H16BrF. The molecule has 0 aromatic heterocycles. The van der Waals surface area contributed by atoms with Crippen LogP contribution in [-0.2, 0) is 0 Å². The van der Waals surface area contributed by atoms with E-state index in [9.17, 15) is 4.39 Å². The van der Waals surface area contributed by atoms with Gasteiger partial charge in [-0.1, -0.05) is 47.5 Å². The molecule has 0 saturated heterocycles. The first-order valence-corrected chi connectivity index (χ1v) is 6.19. The van der Waals surface area contributed by atoms with Gasteiger partial charge < -0.3 is 0 Å². The summed E-state index contributed by atoms with van der Waals surface area (Å²) in [7, 11) is 0. The molecule has 0 radical (unpaired) electrons. The van der Waals surface area contributed by atoms with Crippen LogP contribution in [0.5, 0.6) is 0 Å². The second-order valence-electron chi connectivity index (χ2n) is 4.02. The van der Waals surface area contributed by atoms with Crippen LogP contribution in [0.1, 0.15) is 25.0 Å². The number of aryl methyl sites for hydroxylation is 1. The van der Waals surface area contributed by atoms with Crippen LogP contribution in [0, 0.1) is 18.7 Å². The van der Waals surface area contributed by atoms with E-state index in [0.717, 1.165) is 10.9 Å². The largest absolute Gasteiger partial charge is 0.207 e. The lowest BCUT2D eigenvalue weighted by Gasteiger charge is -2.08. The number of benzene rings is 1. The first-order chi connectivity index (χ1) is 7.04. The maximum absolute atomic E-state index is 13.0. The molecule has 82 valence electrons. The van der Waals surface area contributed by atoms with Gasteiger partial charge in [-0.25, -0.2) is 4.39 Å². The standard InChI is InChI=1S/C13H16BrF/c1-9(2)12(8-14)7-11-4-5-13(15)10(3)6-11/h4-7,9H,8H2,1-3H3. The molecule has 0 unspecified atom stereocenters. The van der Waals surface area contributed by atoms with E-state index in [4.69, 9.17) is 0 Å². The summed E-state index contributed by atoms with van der Waals surface area (Å²) >= 11 is 3.46. The van der Waals surface area contributed by atoms with Crippen molar-refractivity contribution in [3.8, 4) is 0 Å². The molecule has 0 nitrogen and oxygen atoms in total. The second-order valence-corrected chi connectivity index (χ2v) is 4.58. The smallest absolute Gasteiger partial charge is 0.126 e. The summed E-state index contributed by atoms with van der Waals surface area (Å²) in [5, 5.41) is 0.862. The zero-order chi connectivity index (χ0) is 11.4. The van der Waals surface area contributed by atoms with E-state index in [1.165, 1.54) is 11.6 Å². The van der Waals surface area contributed by atoms with E-state index >= 15 is 0 Å². The van der Waals surface area contributed by atoms with E-state index in [-0.39, 0.29) is 5.82 Å². The van der Waals surface area contributed by atoms with Gasteiger partial charge in [0.2, 0.25) is 0 Å². The molecule has 15 heavy (non-hydrogen) atoms. The molecule has 0 fully saturated rings. The van der Waals surface area contributed by atoms with E-state index in [1.54, 1.807) is 6.92 Å². The number of hydrogen-bond acceptors (Lipinski definition) is 0. The molecule has 1 aromatic rings. The molecule has 0 aliphatic rings. The molecule has 1 aromatic carbocycles. The molecule has 0 saturated carbocycles. The van der Waals surface area contributed by atoms with Crippen LogP contribution in [-0.4, -0.2) is 5.33 Å². The molecule has 0 N–H and O–H groups in total. The van der Waals surface area contributed by atoms with Crippen LogP contribution in [0.15, 0.2) is 23.8 Å². The summed E-state index contributed by atoms with van der Waals surface area (Å²) in [6, 6.07) is 5.21. The lowest BCUT2D eigenvalue weighted by atomic mass is 10.0. The Morgan fingerprint density at radius 2 is 2.13 bits per heavy atom. The van der Waals surface area contributed by atoms with E-state index in [2.05, 4.69) is 35.9 Å². The van der Waals surface area contributed by atoms with Gasteiger partial charge in [-0.3, -0.25) is 0 Å². The summed E-state index contributed by atoms with van der Waals surface area (Å²) < 4.78 is 13.0.